The molecule has 0 saturated heterocycles. The predicted octanol–water partition coefficient (Wildman–Crippen LogP) is 3.15. The summed E-state index contributed by atoms with van der Waals surface area (Å²) in [5, 5.41) is 3.36. The Morgan fingerprint density at radius 2 is 2.12 bits per heavy atom. The van der Waals surface area contributed by atoms with Crippen molar-refractivity contribution in [2.24, 2.45) is 0 Å². The van der Waals surface area contributed by atoms with Gasteiger partial charge in [-0.2, -0.15) is 0 Å². The van der Waals surface area contributed by atoms with Gasteiger partial charge in [-0.15, -0.1) is 0 Å². The lowest BCUT2D eigenvalue weighted by molar-refractivity contribution is 0.466. The first-order chi connectivity index (χ1) is 8.16. The highest BCUT2D eigenvalue weighted by molar-refractivity contribution is 5.64. The monoisotopic (exact) mass is 230 g/mol. The van der Waals surface area contributed by atoms with Crippen LogP contribution in [0.3, 0.4) is 0 Å². The molecule has 0 aliphatic heterocycles. The minimum absolute atomic E-state index is 0.448. The molecule has 0 fully saturated rings. The van der Waals surface area contributed by atoms with Gasteiger partial charge in [-0.1, -0.05) is 19.9 Å². The number of rotatable bonds is 4. The minimum atomic E-state index is 0.448. The normalized spacial score (nSPS) is 11.1. The molecule has 3 heteroatoms. The maximum atomic E-state index is 5.51. The average molecular weight is 230 g/mol. The molecule has 0 amide bonds. The molecule has 3 nitrogen and oxygen atoms in total. The summed E-state index contributed by atoms with van der Waals surface area (Å²) in [6, 6.07) is 6.53. The molecule has 0 aromatic carbocycles. The van der Waals surface area contributed by atoms with Gasteiger partial charge in [0.15, 0.2) is 0 Å². The van der Waals surface area contributed by atoms with E-state index in [-0.39, 0.29) is 0 Å². The van der Waals surface area contributed by atoms with Crippen LogP contribution in [0.15, 0.2) is 35.1 Å². The lowest BCUT2D eigenvalue weighted by Gasteiger charge is -2.07. The van der Waals surface area contributed by atoms with Crippen LogP contribution in [0, 0.1) is 6.92 Å². The molecule has 0 bridgehead atoms. The second-order valence-electron chi connectivity index (χ2n) is 4.48. The summed E-state index contributed by atoms with van der Waals surface area (Å²) in [4.78, 5) is 4.31. The highest BCUT2D eigenvalue weighted by Gasteiger charge is 2.09. The van der Waals surface area contributed by atoms with Crippen molar-refractivity contribution in [3.8, 4) is 11.1 Å². The van der Waals surface area contributed by atoms with E-state index in [2.05, 4.69) is 30.2 Å². The second kappa shape index (κ2) is 5.15. The van der Waals surface area contributed by atoms with Gasteiger partial charge in [0.25, 0.3) is 0 Å². The Kier molecular flexibility index (Phi) is 3.59. The van der Waals surface area contributed by atoms with Crippen molar-refractivity contribution in [3.63, 3.8) is 0 Å². The number of hydrogen-bond donors (Lipinski definition) is 1. The van der Waals surface area contributed by atoms with E-state index in [1.165, 1.54) is 0 Å². The SMILES string of the molecule is Cc1ccc(-c2ccoc2CNC(C)C)cn1. The third kappa shape index (κ3) is 2.94. The van der Waals surface area contributed by atoms with Gasteiger partial charge < -0.3 is 9.73 Å². The first kappa shape index (κ1) is 11.9. The number of hydrogen-bond acceptors (Lipinski definition) is 3. The molecule has 0 spiro atoms. The molecule has 0 unspecified atom stereocenters. The molecule has 2 heterocycles. The Morgan fingerprint density at radius 1 is 1.29 bits per heavy atom. The molecule has 2 aromatic heterocycles. The number of nitrogens with one attached hydrogen (secondary N) is 1. The molecule has 90 valence electrons. The summed E-state index contributed by atoms with van der Waals surface area (Å²) >= 11 is 0. The average Bonchev–Trinajstić information content (AvgIpc) is 2.75. The molecular formula is C14H18N2O. The Morgan fingerprint density at radius 3 is 2.76 bits per heavy atom. The van der Waals surface area contributed by atoms with Gasteiger partial charge >= 0.3 is 0 Å². The smallest absolute Gasteiger partial charge is 0.125 e. The lowest BCUT2D eigenvalue weighted by atomic mass is 10.1. The Bertz CT molecular complexity index is 471. The number of pyridine rings is 1. The quantitative estimate of drug-likeness (QED) is 0.876. The van der Waals surface area contributed by atoms with Crippen LogP contribution in [0.25, 0.3) is 11.1 Å². The first-order valence-electron chi connectivity index (χ1n) is 5.89. The van der Waals surface area contributed by atoms with Gasteiger partial charge in [0, 0.05) is 29.1 Å². The fourth-order valence-corrected chi connectivity index (χ4v) is 1.66. The molecule has 17 heavy (non-hydrogen) atoms. The number of aryl methyl sites for hydroxylation is 1. The van der Waals surface area contributed by atoms with E-state index in [1.54, 1.807) is 6.26 Å². The van der Waals surface area contributed by atoms with Crippen LogP contribution in [0.2, 0.25) is 0 Å². The van der Waals surface area contributed by atoms with Crippen LogP contribution in [-0.2, 0) is 6.54 Å². The van der Waals surface area contributed by atoms with E-state index >= 15 is 0 Å². The summed E-state index contributed by atoms with van der Waals surface area (Å²) in [5.41, 5.74) is 3.25. The molecule has 0 aliphatic carbocycles. The number of nitrogens with zero attached hydrogens (tertiary/aromatic N) is 1. The van der Waals surface area contributed by atoms with Crippen LogP contribution in [0.5, 0.6) is 0 Å². The second-order valence-corrected chi connectivity index (χ2v) is 4.48. The van der Waals surface area contributed by atoms with Crippen LogP contribution in [0.4, 0.5) is 0 Å². The summed E-state index contributed by atoms with van der Waals surface area (Å²) in [6.45, 7) is 6.97. The molecule has 2 rings (SSSR count). The van der Waals surface area contributed by atoms with Crippen molar-refractivity contribution < 1.29 is 4.42 Å². The molecule has 1 N–H and O–H groups in total. The zero-order valence-electron chi connectivity index (χ0n) is 10.5. The largest absolute Gasteiger partial charge is 0.467 e. The Labute approximate surface area is 102 Å². The molecule has 0 saturated carbocycles. The zero-order valence-corrected chi connectivity index (χ0v) is 10.5. The van der Waals surface area contributed by atoms with Crippen molar-refractivity contribution in [1.29, 1.82) is 0 Å². The van der Waals surface area contributed by atoms with E-state index in [0.29, 0.717) is 6.04 Å². The summed E-state index contributed by atoms with van der Waals surface area (Å²) in [5.74, 6) is 0.962. The Hall–Kier alpha value is -1.61. The maximum absolute atomic E-state index is 5.51. The van der Waals surface area contributed by atoms with Gasteiger partial charge in [0.05, 0.1) is 12.8 Å². The van der Waals surface area contributed by atoms with Crippen LogP contribution in [-0.4, -0.2) is 11.0 Å². The third-order valence-electron chi connectivity index (χ3n) is 2.64. The lowest BCUT2D eigenvalue weighted by Crippen LogP contribution is -2.21. The molecule has 0 aliphatic rings. The van der Waals surface area contributed by atoms with Gasteiger partial charge in [0.2, 0.25) is 0 Å². The summed E-state index contributed by atoms with van der Waals surface area (Å²) in [6.07, 6.45) is 3.62. The minimum Gasteiger partial charge on any atom is -0.467 e. The van der Waals surface area contributed by atoms with Gasteiger partial charge in [-0.05, 0) is 19.1 Å². The summed E-state index contributed by atoms with van der Waals surface area (Å²) < 4.78 is 5.51. The Balaban J connectivity index is 2.21. The third-order valence-corrected chi connectivity index (χ3v) is 2.64. The zero-order chi connectivity index (χ0) is 12.3. The van der Waals surface area contributed by atoms with Crippen LogP contribution in [0.1, 0.15) is 25.3 Å². The van der Waals surface area contributed by atoms with Crippen molar-refractivity contribution in [3.05, 3.63) is 42.1 Å². The van der Waals surface area contributed by atoms with Crippen molar-refractivity contribution >= 4 is 0 Å². The first-order valence-corrected chi connectivity index (χ1v) is 5.89. The van der Waals surface area contributed by atoms with Gasteiger partial charge in [0.1, 0.15) is 5.76 Å². The maximum Gasteiger partial charge on any atom is 0.125 e. The van der Waals surface area contributed by atoms with Crippen molar-refractivity contribution in [1.82, 2.24) is 10.3 Å². The fraction of sp³-hybridized carbons (Fsp3) is 0.357. The highest BCUT2D eigenvalue weighted by atomic mass is 16.3. The molecule has 0 radical (unpaired) electrons. The molecule has 0 atom stereocenters. The number of furan rings is 1. The van der Waals surface area contributed by atoms with Gasteiger partial charge in [-0.25, -0.2) is 0 Å². The van der Waals surface area contributed by atoms with E-state index < -0.39 is 0 Å². The van der Waals surface area contributed by atoms with Crippen molar-refractivity contribution in [2.45, 2.75) is 33.4 Å². The van der Waals surface area contributed by atoms with Crippen molar-refractivity contribution in [2.75, 3.05) is 0 Å². The van der Waals surface area contributed by atoms with E-state index in [4.69, 9.17) is 4.42 Å². The van der Waals surface area contributed by atoms with Gasteiger partial charge in [-0.3, -0.25) is 4.98 Å². The standard InChI is InChI=1S/C14H18N2O/c1-10(2)15-9-14-13(6-7-17-14)12-5-4-11(3)16-8-12/h4-8,10,15H,9H2,1-3H3. The molecule has 2 aromatic rings. The predicted molar refractivity (Wildman–Crippen MR) is 68.7 cm³/mol. The summed E-state index contributed by atoms with van der Waals surface area (Å²) in [7, 11) is 0. The van der Waals surface area contributed by atoms with Crippen LogP contribution < -0.4 is 5.32 Å². The number of aromatic nitrogens is 1. The topological polar surface area (TPSA) is 38.1 Å². The van der Waals surface area contributed by atoms with E-state index in [0.717, 1.165) is 29.1 Å². The highest BCUT2D eigenvalue weighted by Crippen LogP contribution is 2.24. The fourth-order valence-electron chi connectivity index (χ4n) is 1.66. The van der Waals surface area contributed by atoms with E-state index in [1.807, 2.05) is 25.3 Å². The van der Waals surface area contributed by atoms with Crippen LogP contribution >= 0.6 is 0 Å². The van der Waals surface area contributed by atoms with E-state index in [9.17, 15) is 0 Å². The molecular weight excluding hydrogens is 212 g/mol.